The highest BCUT2D eigenvalue weighted by molar-refractivity contribution is 5.93. The number of alkyl carbamates (subject to hydrolysis) is 1. The van der Waals surface area contributed by atoms with Crippen molar-refractivity contribution in [3.8, 4) is 0 Å². The van der Waals surface area contributed by atoms with Crippen LogP contribution in [0.4, 0.5) is 4.79 Å². The molecule has 222 valence electrons. The quantitative estimate of drug-likeness (QED) is 0.313. The van der Waals surface area contributed by atoms with Gasteiger partial charge in [0.15, 0.2) is 0 Å². The minimum absolute atomic E-state index is 0.0194. The van der Waals surface area contributed by atoms with Crippen LogP contribution in [0.25, 0.3) is 0 Å². The van der Waals surface area contributed by atoms with E-state index in [1.165, 1.54) is 4.90 Å². The molecule has 4 atom stereocenters. The molecule has 4 amide bonds. The maximum absolute atomic E-state index is 14.2. The van der Waals surface area contributed by atoms with E-state index < -0.39 is 47.5 Å². The Balaban J connectivity index is 2.47. The highest BCUT2D eigenvalue weighted by Crippen LogP contribution is 2.41. The first-order valence-electron chi connectivity index (χ1n) is 13.7. The van der Waals surface area contributed by atoms with Crippen LogP contribution < -0.4 is 16.4 Å². The number of aryl methyl sites for hydroxylation is 2. The molecular formula is C29H44N4O7. The summed E-state index contributed by atoms with van der Waals surface area (Å²) in [5, 5.41) is 5.37. The summed E-state index contributed by atoms with van der Waals surface area (Å²) in [4.78, 5) is 65.5. The van der Waals surface area contributed by atoms with Gasteiger partial charge in [-0.1, -0.05) is 25.1 Å². The molecule has 0 radical (unpaired) electrons. The minimum Gasteiger partial charge on any atom is -0.466 e. The summed E-state index contributed by atoms with van der Waals surface area (Å²) in [6.07, 6.45) is -0.386. The average Bonchev–Trinajstić information content (AvgIpc) is 3.56. The van der Waals surface area contributed by atoms with E-state index in [4.69, 9.17) is 15.2 Å². The second-order valence-electron chi connectivity index (χ2n) is 11.3. The monoisotopic (exact) mass is 560 g/mol. The van der Waals surface area contributed by atoms with Crippen LogP contribution in [-0.4, -0.2) is 65.5 Å². The summed E-state index contributed by atoms with van der Waals surface area (Å²) in [5.74, 6) is -1.94. The lowest BCUT2D eigenvalue weighted by Crippen LogP contribution is -2.54. The number of ether oxygens (including phenoxy) is 2. The zero-order chi connectivity index (χ0) is 30.2. The van der Waals surface area contributed by atoms with Crippen LogP contribution in [0.5, 0.6) is 0 Å². The second-order valence-corrected chi connectivity index (χ2v) is 11.3. The lowest BCUT2D eigenvalue weighted by Gasteiger charge is -2.35. The Kier molecular flexibility index (Phi) is 11.5. The van der Waals surface area contributed by atoms with Crippen LogP contribution >= 0.6 is 0 Å². The fourth-order valence-electron chi connectivity index (χ4n) is 4.34. The van der Waals surface area contributed by atoms with Crippen molar-refractivity contribution in [2.75, 3.05) is 13.2 Å². The number of nitrogens with zero attached hydrogens (tertiary/aromatic N) is 1. The predicted molar refractivity (Wildman–Crippen MR) is 149 cm³/mol. The topological polar surface area (TPSA) is 157 Å². The number of esters is 1. The van der Waals surface area contributed by atoms with Gasteiger partial charge in [-0.25, -0.2) is 4.79 Å². The Morgan fingerprint density at radius 1 is 1.10 bits per heavy atom. The number of hydrogen-bond acceptors (Lipinski definition) is 7. The summed E-state index contributed by atoms with van der Waals surface area (Å²) >= 11 is 0. The number of rotatable bonds is 13. The van der Waals surface area contributed by atoms with Gasteiger partial charge in [0.25, 0.3) is 0 Å². The molecule has 1 fully saturated rings. The smallest absolute Gasteiger partial charge is 0.408 e. The van der Waals surface area contributed by atoms with Crippen molar-refractivity contribution < 1.29 is 33.4 Å². The molecule has 4 N–H and O–H groups in total. The van der Waals surface area contributed by atoms with Crippen molar-refractivity contribution in [3.05, 3.63) is 34.9 Å². The molecule has 1 aliphatic carbocycles. The van der Waals surface area contributed by atoms with E-state index in [0.29, 0.717) is 12.0 Å². The van der Waals surface area contributed by atoms with E-state index in [2.05, 4.69) is 10.6 Å². The maximum atomic E-state index is 14.2. The van der Waals surface area contributed by atoms with E-state index >= 15 is 0 Å². The largest absolute Gasteiger partial charge is 0.466 e. The Morgan fingerprint density at radius 3 is 2.27 bits per heavy atom. The normalized spacial score (nSPS) is 17.7. The Labute approximate surface area is 236 Å². The zero-order valence-corrected chi connectivity index (χ0v) is 24.7. The molecule has 11 nitrogen and oxygen atoms in total. The van der Waals surface area contributed by atoms with E-state index in [-0.39, 0.29) is 44.4 Å². The van der Waals surface area contributed by atoms with Crippen LogP contribution in [0.3, 0.4) is 0 Å². The van der Waals surface area contributed by atoms with Crippen molar-refractivity contribution >= 4 is 29.8 Å². The van der Waals surface area contributed by atoms with Gasteiger partial charge in [-0.15, -0.1) is 0 Å². The SMILES string of the molecule is CCOC(=O)CCNC(=O)C(c1ccc(C)c(C)c1)N(C(=O)C(CCC(N)=O)NC(=O)OC(C)(C)C)C1CC1C. The number of hydrogen-bond donors (Lipinski definition) is 3. The molecule has 0 saturated heterocycles. The molecule has 0 aromatic heterocycles. The number of amides is 4. The van der Waals surface area contributed by atoms with Gasteiger partial charge in [0, 0.05) is 19.0 Å². The predicted octanol–water partition coefficient (Wildman–Crippen LogP) is 2.81. The van der Waals surface area contributed by atoms with Crippen molar-refractivity contribution in [2.45, 2.75) is 97.9 Å². The van der Waals surface area contributed by atoms with E-state index in [1.807, 2.05) is 32.9 Å². The standard InChI is InChI=1S/C29H44N4O7/c1-8-39-24(35)13-14-31-26(36)25(20-10-9-17(2)18(3)15-20)33(22-16-19(22)4)27(37)21(11-12-23(30)34)32-28(38)40-29(5,6)7/h9-10,15,19,21-22,25H,8,11-14,16H2,1-7H3,(H2,30,34)(H,31,36)(H,32,38). The Morgan fingerprint density at radius 2 is 1.75 bits per heavy atom. The fraction of sp³-hybridized carbons (Fsp3) is 0.621. The van der Waals surface area contributed by atoms with Crippen molar-refractivity contribution in [3.63, 3.8) is 0 Å². The minimum atomic E-state index is -1.16. The van der Waals surface area contributed by atoms with Gasteiger partial charge in [0.05, 0.1) is 13.0 Å². The summed E-state index contributed by atoms with van der Waals surface area (Å²) < 4.78 is 10.3. The van der Waals surface area contributed by atoms with Crippen molar-refractivity contribution in [1.82, 2.24) is 15.5 Å². The van der Waals surface area contributed by atoms with E-state index in [0.717, 1.165) is 11.1 Å². The molecule has 4 unspecified atom stereocenters. The molecule has 11 heteroatoms. The lowest BCUT2D eigenvalue weighted by atomic mass is 9.97. The Hall–Kier alpha value is -3.63. The molecule has 0 bridgehead atoms. The number of carbonyl (C=O) groups excluding carboxylic acids is 5. The second kappa shape index (κ2) is 14.1. The number of benzene rings is 1. The highest BCUT2D eigenvalue weighted by atomic mass is 16.6. The summed E-state index contributed by atoms with van der Waals surface area (Å²) in [5.41, 5.74) is 7.11. The summed E-state index contributed by atoms with van der Waals surface area (Å²) in [6.45, 7) is 12.9. The van der Waals surface area contributed by atoms with Gasteiger partial charge in [-0.3, -0.25) is 19.2 Å². The third-order valence-electron chi connectivity index (χ3n) is 6.65. The molecule has 0 heterocycles. The number of nitrogens with two attached hydrogens (primary N) is 1. The zero-order valence-electron chi connectivity index (χ0n) is 24.7. The molecule has 1 aliphatic rings. The highest BCUT2D eigenvalue weighted by Gasteiger charge is 2.48. The fourth-order valence-corrected chi connectivity index (χ4v) is 4.34. The molecule has 2 rings (SSSR count). The molecule has 1 aromatic carbocycles. The van der Waals surface area contributed by atoms with Crippen molar-refractivity contribution in [1.29, 1.82) is 0 Å². The van der Waals surface area contributed by atoms with Crippen molar-refractivity contribution in [2.24, 2.45) is 11.7 Å². The summed E-state index contributed by atoms with van der Waals surface area (Å²) in [6, 6.07) is 3.07. The van der Waals surface area contributed by atoms with E-state index in [1.54, 1.807) is 33.8 Å². The third kappa shape index (κ3) is 9.84. The average molecular weight is 561 g/mol. The molecule has 40 heavy (non-hydrogen) atoms. The van der Waals surface area contributed by atoms with Gasteiger partial charge in [-0.2, -0.15) is 0 Å². The van der Waals surface area contributed by atoms with Crippen LogP contribution in [0.1, 0.15) is 83.0 Å². The van der Waals surface area contributed by atoms with Crippen LogP contribution in [0, 0.1) is 19.8 Å². The molecule has 1 aromatic rings. The van der Waals surface area contributed by atoms with Crippen LogP contribution in [-0.2, 0) is 28.7 Å². The molecule has 1 saturated carbocycles. The van der Waals surface area contributed by atoms with E-state index in [9.17, 15) is 24.0 Å². The Bertz CT molecular complexity index is 1100. The first kappa shape index (κ1) is 32.6. The van der Waals surface area contributed by atoms with Gasteiger partial charge < -0.3 is 30.7 Å². The van der Waals surface area contributed by atoms with Gasteiger partial charge in [0.1, 0.15) is 17.7 Å². The first-order chi connectivity index (χ1) is 18.6. The molecule has 0 spiro atoms. The third-order valence-corrected chi connectivity index (χ3v) is 6.65. The number of nitrogens with one attached hydrogen (secondary N) is 2. The maximum Gasteiger partial charge on any atom is 0.408 e. The van der Waals surface area contributed by atoms with Crippen LogP contribution in [0.2, 0.25) is 0 Å². The lowest BCUT2D eigenvalue weighted by molar-refractivity contribution is -0.145. The van der Waals surface area contributed by atoms with Crippen LogP contribution in [0.15, 0.2) is 18.2 Å². The summed E-state index contributed by atoms with van der Waals surface area (Å²) in [7, 11) is 0. The van der Waals surface area contributed by atoms with Gasteiger partial charge in [0.2, 0.25) is 17.7 Å². The van der Waals surface area contributed by atoms with Gasteiger partial charge >= 0.3 is 12.1 Å². The number of primary amides is 1. The number of carbonyl (C=O) groups is 5. The first-order valence-corrected chi connectivity index (χ1v) is 13.7. The molecular weight excluding hydrogens is 516 g/mol. The van der Waals surface area contributed by atoms with Gasteiger partial charge in [-0.05, 0) is 77.0 Å². The molecule has 0 aliphatic heterocycles.